The molecule has 1 unspecified atom stereocenters. The topological polar surface area (TPSA) is 41.6 Å². The van der Waals surface area contributed by atoms with E-state index in [4.69, 9.17) is 4.74 Å². The van der Waals surface area contributed by atoms with Crippen LogP contribution < -0.4 is 10.1 Å². The summed E-state index contributed by atoms with van der Waals surface area (Å²) in [5, 5.41) is 2.76. The molecule has 1 aromatic rings. The van der Waals surface area contributed by atoms with Gasteiger partial charge in [0.1, 0.15) is 5.75 Å². The second-order valence-corrected chi connectivity index (χ2v) is 5.96. The molecule has 1 aliphatic heterocycles. The Balaban J connectivity index is 1.88. The van der Waals surface area contributed by atoms with Crippen LogP contribution >= 0.6 is 0 Å². The molecule has 1 saturated heterocycles. The summed E-state index contributed by atoms with van der Waals surface area (Å²) < 4.78 is 42.4. The van der Waals surface area contributed by atoms with Gasteiger partial charge in [-0.05, 0) is 43.5 Å². The van der Waals surface area contributed by atoms with E-state index in [0.717, 1.165) is 5.56 Å². The number of carbonyl (C=O) groups excluding carboxylic acids is 1. The molecule has 1 aliphatic rings. The van der Waals surface area contributed by atoms with Crippen molar-refractivity contribution in [1.82, 2.24) is 4.90 Å². The molecule has 1 N–H and O–H groups in total. The first-order valence-corrected chi connectivity index (χ1v) is 7.50. The number of carbonyl (C=O) groups is 1. The number of ether oxygens (including phenoxy) is 1. The van der Waals surface area contributed by atoms with Crippen molar-refractivity contribution in [2.45, 2.75) is 25.9 Å². The number of rotatable bonds is 5. The smallest absolute Gasteiger partial charge is 0.389 e. The average Bonchev–Trinajstić information content (AvgIpc) is 2.83. The Hall–Kier alpha value is -1.76. The molecule has 1 amide bonds. The van der Waals surface area contributed by atoms with Gasteiger partial charge in [-0.1, -0.05) is 6.07 Å². The Labute approximate surface area is 133 Å². The van der Waals surface area contributed by atoms with E-state index in [1.54, 1.807) is 17.0 Å². The number of nitrogens with zero attached hydrogens (tertiary/aromatic N) is 1. The standard InChI is InChI=1S/C16H21F3N2O2/c1-11-3-4-14(23-2)13(7-11)20-15(22)10-21-6-5-12(9-21)8-16(17,18)19/h3-4,7,12H,5-6,8-10H2,1-2H3,(H,20,22). The SMILES string of the molecule is COc1ccc(C)cc1NC(=O)CN1CCC(CC(F)(F)F)C1. The van der Waals surface area contributed by atoms with Crippen molar-refractivity contribution < 1.29 is 22.7 Å². The molecular weight excluding hydrogens is 309 g/mol. The maximum atomic E-state index is 12.4. The van der Waals surface area contributed by atoms with Crippen molar-refractivity contribution in [1.29, 1.82) is 0 Å². The van der Waals surface area contributed by atoms with E-state index in [0.29, 0.717) is 30.9 Å². The van der Waals surface area contributed by atoms with Gasteiger partial charge in [-0.3, -0.25) is 9.69 Å². The van der Waals surface area contributed by atoms with Gasteiger partial charge in [0.2, 0.25) is 5.91 Å². The number of halogens is 3. The lowest BCUT2D eigenvalue weighted by Crippen LogP contribution is -2.32. The van der Waals surface area contributed by atoms with Gasteiger partial charge in [0, 0.05) is 13.0 Å². The number of anilines is 1. The number of alkyl halides is 3. The molecule has 0 aromatic heterocycles. The summed E-state index contributed by atoms with van der Waals surface area (Å²) in [5.74, 6) is -0.113. The molecule has 0 bridgehead atoms. The Kier molecular flexibility index (Phi) is 5.51. The summed E-state index contributed by atoms with van der Waals surface area (Å²) in [6, 6.07) is 5.43. The molecule has 2 rings (SSSR count). The zero-order valence-corrected chi connectivity index (χ0v) is 13.2. The van der Waals surface area contributed by atoms with Crippen LogP contribution in [0.2, 0.25) is 0 Å². The predicted molar refractivity (Wildman–Crippen MR) is 81.6 cm³/mol. The third kappa shape index (κ3) is 5.42. The van der Waals surface area contributed by atoms with E-state index in [-0.39, 0.29) is 12.5 Å². The lowest BCUT2D eigenvalue weighted by atomic mass is 10.1. The molecule has 7 heteroatoms. The van der Waals surface area contributed by atoms with Crippen LogP contribution in [-0.4, -0.2) is 43.7 Å². The number of nitrogens with one attached hydrogen (secondary N) is 1. The van der Waals surface area contributed by atoms with Crippen LogP contribution in [0, 0.1) is 12.8 Å². The van der Waals surface area contributed by atoms with Crippen molar-refractivity contribution in [3.05, 3.63) is 23.8 Å². The molecule has 0 spiro atoms. The molecule has 1 atom stereocenters. The number of benzene rings is 1. The maximum absolute atomic E-state index is 12.4. The highest BCUT2D eigenvalue weighted by Gasteiger charge is 2.35. The molecular formula is C16H21F3N2O2. The zero-order valence-electron chi connectivity index (χ0n) is 13.2. The minimum Gasteiger partial charge on any atom is -0.495 e. The Morgan fingerprint density at radius 2 is 2.17 bits per heavy atom. The van der Waals surface area contributed by atoms with Crippen LogP contribution in [0.3, 0.4) is 0 Å². The van der Waals surface area contributed by atoms with Crippen LogP contribution in [0.25, 0.3) is 0 Å². The number of hydrogen-bond acceptors (Lipinski definition) is 3. The number of aryl methyl sites for hydroxylation is 1. The van der Waals surface area contributed by atoms with Crippen molar-refractivity contribution in [3.8, 4) is 5.75 Å². The third-order valence-corrected chi connectivity index (χ3v) is 3.89. The molecule has 0 aliphatic carbocycles. The van der Waals surface area contributed by atoms with Gasteiger partial charge in [-0.2, -0.15) is 13.2 Å². The van der Waals surface area contributed by atoms with Crippen molar-refractivity contribution in [2.24, 2.45) is 5.92 Å². The first kappa shape index (κ1) is 17.6. The monoisotopic (exact) mass is 330 g/mol. The third-order valence-electron chi connectivity index (χ3n) is 3.89. The molecule has 1 fully saturated rings. The number of amides is 1. The fourth-order valence-electron chi connectivity index (χ4n) is 2.86. The summed E-state index contributed by atoms with van der Waals surface area (Å²) in [4.78, 5) is 13.9. The molecule has 1 aromatic carbocycles. The minimum absolute atomic E-state index is 0.0887. The lowest BCUT2D eigenvalue weighted by molar-refractivity contribution is -0.143. The van der Waals surface area contributed by atoms with Gasteiger partial charge in [0.15, 0.2) is 0 Å². The second kappa shape index (κ2) is 7.21. The normalized spacial score (nSPS) is 18.9. The highest BCUT2D eigenvalue weighted by atomic mass is 19.4. The molecule has 1 heterocycles. The Morgan fingerprint density at radius 3 is 2.83 bits per heavy atom. The first-order chi connectivity index (χ1) is 10.8. The van der Waals surface area contributed by atoms with Gasteiger partial charge >= 0.3 is 6.18 Å². The van der Waals surface area contributed by atoms with E-state index >= 15 is 0 Å². The summed E-state index contributed by atoms with van der Waals surface area (Å²) in [5.41, 5.74) is 1.55. The maximum Gasteiger partial charge on any atom is 0.389 e. The molecule has 0 radical (unpaired) electrons. The van der Waals surface area contributed by atoms with Gasteiger partial charge in [-0.15, -0.1) is 0 Å². The lowest BCUT2D eigenvalue weighted by Gasteiger charge is -2.17. The predicted octanol–water partition coefficient (Wildman–Crippen LogP) is 3.22. The zero-order chi connectivity index (χ0) is 17.0. The fourth-order valence-corrected chi connectivity index (χ4v) is 2.86. The van der Waals surface area contributed by atoms with Gasteiger partial charge < -0.3 is 10.1 Å². The van der Waals surface area contributed by atoms with Gasteiger partial charge in [0.05, 0.1) is 19.3 Å². The number of methoxy groups -OCH3 is 1. The quantitative estimate of drug-likeness (QED) is 0.901. The summed E-state index contributed by atoms with van der Waals surface area (Å²) >= 11 is 0. The van der Waals surface area contributed by atoms with Crippen LogP contribution in [0.1, 0.15) is 18.4 Å². The average molecular weight is 330 g/mol. The Morgan fingerprint density at radius 1 is 1.43 bits per heavy atom. The fraction of sp³-hybridized carbons (Fsp3) is 0.562. The van der Waals surface area contributed by atoms with Crippen LogP contribution in [0.15, 0.2) is 18.2 Å². The number of hydrogen-bond donors (Lipinski definition) is 1. The highest BCUT2D eigenvalue weighted by Crippen LogP contribution is 2.30. The van der Waals surface area contributed by atoms with Crippen molar-refractivity contribution >= 4 is 11.6 Å². The Bertz CT molecular complexity index is 561. The molecule has 23 heavy (non-hydrogen) atoms. The van der Waals surface area contributed by atoms with Crippen molar-refractivity contribution in [3.63, 3.8) is 0 Å². The molecule has 128 valence electrons. The number of likely N-dealkylation sites (tertiary alicyclic amines) is 1. The minimum atomic E-state index is -4.14. The van der Waals surface area contributed by atoms with Crippen LogP contribution in [0.5, 0.6) is 5.75 Å². The van der Waals surface area contributed by atoms with Crippen molar-refractivity contribution in [2.75, 3.05) is 32.1 Å². The summed E-state index contributed by atoms with van der Waals surface area (Å²) in [7, 11) is 1.52. The van der Waals surface area contributed by atoms with E-state index in [1.807, 2.05) is 13.0 Å². The van der Waals surface area contributed by atoms with Crippen LogP contribution in [0.4, 0.5) is 18.9 Å². The van der Waals surface area contributed by atoms with E-state index in [2.05, 4.69) is 5.32 Å². The van der Waals surface area contributed by atoms with Gasteiger partial charge in [-0.25, -0.2) is 0 Å². The largest absolute Gasteiger partial charge is 0.495 e. The summed E-state index contributed by atoms with van der Waals surface area (Å²) in [6.07, 6.45) is -4.45. The summed E-state index contributed by atoms with van der Waals surface area (Å²) in [6.45, 7) is 2.81. The van der Waals surface area contributed by atoms with Crippen LogP contribution in [-0.2, 0) is 4.79 Å². The first-order valence-electron chi connectivity index (χ1n) is 7.50. The molecule has 4 nitrogen and oxygen atoms in total. The van der Waals surface area contributed by atoms with E-state index in [9.17, 15) is 18.0 Å². The molecule has 0 saturated carbocycles. The van der Waals surface area contributed by atoms with E-state index < -0.39 is 18.5 Å². The second-order valence-electron chi connectivity index (χ2n) is 5.96. The highest BCUT2D eigenvalue weighted by molar-refractivity contribution is 5.93. The van der Waals surface area contributed by atoms with Gasteiger partial charge in [0.25, 0.3) is 0 Å². The van der Waals surface area contributed by atoms with E-state index in [1.165, 1.54) is 7.11 Å².